The lowest BCUT2D eigenvalue weighted by atomic mass is 10.4. The summed E-state index contributed by atoms with van der Waals surface area (Å²) in [4.78, 5) is 12.8. The summed E-state index contributed by atoms with van der Waals surface area (Å²) in [7, 11) is 0. The molecular formula is C11H19NO2. The van der Waals surface area contributed by atoms with E-state index in [2.05, 4.69) is 30.6 Å². The zero-order valence-corrected chi connectivity index (χ0v) is 9.46. The second-order valence-electron chi connectivity index (χ2n) is 3.03. The maximum absolute atomic E-state index is 10.6. The lowest BCUT2D eigenvalue weighted by molar-refractivity contribution is -0.143. The average Bonchev–Trinajstić information content (AvgIpc) is 2.11. The Morgan fingerprint density at radius 3 is 2.43 bits per heavy atom. The molecule has 0 saturated heterocycles. The highest BCUT2D eigenvalue weighted by Crippen LogP contribution is 1.89. The van der Waals surface area contributed by atoms with Crippen molar-refractivity contribution in [1.82, 2.24) is 4.90 Å². The van der Waals surface area contributed by atoms with Gasteiger partial charge in [-0.15, -0.1) is 0 Å². The fourth-order valence-corrected chi connectivity index (χ4v) is 1.03. The lowest BCUT2D eigenvalue weighted by Crippen LogP contribution is -2.23. The van der Waals surface area contributed by atoms with Crippen LogP contribution in [0.3, 0.4) is 0 Å². The van der Waals surface area contributed by atoms with Gasteiger partial charge < -0.3 is 4.74 Å². The predicted octanol–water partition coefficient (Wildman–Crippen LogP) is 1.28. The van der Waals surface area contributed by atoms with Gasteiger partial charge in [0.1, 0.15) is 0 Å². The third-order valence-electron chi connectivity index (χ3n) is 1.85. The summed E-state index contributed by atoms with van der Waals surface area (Å²) in [5.74, 6) is 5.59. The monoisotopic (exact) mass is 197 g/mol. The van der Waals surface area contributed by atoms with E-state index in [0.29, 0.717) is 0 Å². The average molecular weight is 197 g/mol. The van der Waals surface area contributed by atoms with Crippen LogP contribution < -0.4 is 0 Å². The number of ether oxygens (including phenoxy) is 1. The van der Waals surface area contributed by atoms with Gasteiger partial charge in [-0.3, -0.25) is 9.69 Å². The van der Waals surface area contributed by atoms with Gasteiger partial charge in [-0.1, -0.05) is 25.7 Å². The zero-order chi connectivity index (χ0) is 11.0. The van der Waals surface area contributed by atoms with Crippen LogP contribution in [0, 0.1) is 11.8 Å². The van der Waals surface area contributed by atoms with Crippen LogP contribution in [0.2, 0.25) is 0 Å². The van der Waals surface area contributed by atoms with Crippen molar-refractivity contribution in [3.05, 3.63) is 0 Å². The van der Waals surface area contributed by atoms with Crippen LogP contribution in [0.1, 0.15) is 27.7 Å². The van der Waals surface area contributed by atoms with E-state index in [-0.39, 0.29) is 12.1 Å². The van der Waals surface area contributed by atoms with E-state index in [9.17, 15) is 4.79 Å². The van der Waals surface area contributed by atoms with E-state index >= 15 is 0 Å². The molecule has 0 bridgehead atoms. The van der Waals surface area contributed by atoms with Crippen LogP contribution in [-0.4, -0.2) is 36.6 Å². The van der Waals surface area contributed by atoms with Gasteiger partial charge in [-0.25, -0.2) is 0 Å². The molecule has 0 aromatic heterocycles. The third kappa shape index (κ3) is 6.50. The van der Waals surface area contributed by atoms with Crippen molar-refractivity contribution in [3.63, 3.8) is 0 Å². The molecule has 0 aliphatic carbocycles. The highest BCUT2D eigenvalue weighted by atomic mass is 16.5. The summed E-state index contributed by atoms with van der Waals surface area (Å²) < 4.78 is 4.87. The molecule has 0 aliphatic rings. The molecule has 80 valence electrons. The van der Waals surface area contributed by atoms with Crippen LogP contribution in [0.15, 0.2) is 0 Å². The standard InChI is InChI=1S/C11H19NO2/c1-5-12(6-2)9-7-8-10(3)14-11(4)13/h10H,5-6,9H2,1-4H3/t10-/m0/s1. The van der Waals surface area contributed by atoms with Crippen molar-refractivity contribution in [2.75, 3.05) is 19.6 Å². The van der Waals surface area contributed by atoms with Crippen LogP contribution in [0.5, 0.6) is 0 Å². The first-order valence-electron chi connectivity index (χ1n) is 4.98. The largest absolute Gasteiger partial charge is 0.450 e. The number of rotatable bonds is 4. The summed E-state index contributed by atoms with van der Waals surface area (Å²) >= 11 is 0. The molecule has 14 heavy (non-hydrogen) atoms. The second-order valence-corrected chi connectivity index (χ2v) is 3.03. The maximum atomic E-state index is 10.6. The minimum absolute atomic E-state index is 0.283. The Hall–Kier alpha value is -1.01. The van der Waals surface area contributed by atoms with Gasteiger partial charge in [0, 0.05) is 6.92 Å². The van der Waals surface area contributed by atoms with Gasteiger partial charge in [0.2, 0.25) is 0 Å². The van der Waals surface area contributed by atoms with E-state index in [4.69, 9.17) is 4.74 Å². The Kier molecular flexibility index (Phi) is 6.87. The van der Waals surface area contributed by atoms with Gasteiger partial charge in [0.05, 0.1) is 6.54 Å². The first-order valence-corrected chi connectivity index (χ1v) is 4.98. The fraction of sp³-hybridized carbons (Fsp3) is 0.727. The summed E-state index contributed by atoms with van der Waals surface area (Å²) in [5, 5.41) is 0. The molecule has 0 aromatic rings. The number of esters is 1. The third-order valence-corrected chi connectivity index (χ3v) is 1.85. The molecule has 0 aliphatic heterocycles. The van der Waals surface area contributed by atoms with Crippen molar-refractivity contribution in [3.8, 4) is 11.8 Å². The van der Waals surface area contributed by atoms with Gasteiger partial charge in [0.15, 0.2) is 6.10 Å². The quantitative estimate of drug-likeness (QED) is 0.502. The molecule has 0 fully saturated rings. The molecule has 1 atom stereocenters. The minimum Gasteiger partial charge on any atom is -0.450 e. The zero-order valence-electron chi connectivity index (χ0n) is 9.46. The van der Waals surface area contributed by atoms with Crippen LogP contribution in [0.4, 0.5) is 0 Å². The molecule has 0 saturated carbocycles. The SMILES string of the molecule is CCN(CC)CC#C[C@H](C)OC(C)=O. The van der Waals surface area contributed by atoms with E-state index in [1.54, 1.807) is 6.92 Å². The molecule has 0 radical (unpaired) electrons. The Morgan fingerprint density at radius 1 is 1.43 bits per heavy atom. The van der Waals surface area contributed by atoms with Crippen molar-refractivity contribution in [1.29, 1.82) is 0 Å². The maximum Gasteiger partial charge on any atom is 0.303 e. The van der Waals surface area contributed by atoms with E-state index in [1.807, 2.05) is 0 Å². The summed E-state index contributed by atoms with van der Waals surface area (Å²) in [5.41, 5.74) is 0. The fourth-order valence-electron chi connectivity index (χ4n) is 1.03. The number of carbonyl (C=O) groups is 1. The molecule has 0 rings (SSSR count). The van der Waals surface area contributed by atoms with Crippen LogP contribution >= 0.6 is 0 Å². The molecule has 0 unspecified atom stereocenters. The lowest BCUT2D eigenvalue weighted by Gasteiger charge is -2.13. The number of hydrogen-bond acceptors (Lipinski definition) is 3. The van der Waals surface area contributed by atoms with Crippen LogP contribution in [-0.2, 0) is 9.53 Å². The Labute approximate surface area is 86.4 Å². The van der Waals surface area contributed by atoms with Gasteiger partial charge >= 0.3 is 5.97 Å². The minimum atomic E-state index is -0.303. The molecule has 3 heteroatoms. The highest BCUT2D eigenvalue weighted by molar-refractivity contribution is 5.66. The second kappa shape index (κ2) is 7.40. The molecule has 0 amide bonds. The number of nitrogens with zero attached hydrogens (tertiary/aromatic N) is 1. The van der Waals surface area contributed by atoms with E-state index < -0.39 is 0 Å². The van der Waals surface area contributed by atoms with Gasteiger partial charge in [0.25, 0.3) is 0 Å². The molecule has 0 spiro atoms. The first-order chi connectivity index (χ1) is 6.60. The molecule has 0 heterocycles. The Morgan fingerprint density at radius 2 is 2.00 bits per heavy atom. The number of carbonyl (C=O) groups excluding carboxylic acids is 1. The topological polar surface area (TPSA) is 29.5 Å². The summed E-state index contributed by atoms with van der Waals surface area (Å²) in [6.07, 6.45) is -0.303. The molecule has 3 nitrogen and oxygen atoms in total. The Bertz CT molecular complexity index is 223. The summed E-state index contributed by atoms with van der Waals surface area (Å²) in [6, 6.07) is 0. The van der Waals surface area contributed by atoms with Crippen molar-refractivity contribution < 1.29 is 9.53 Å². The first kappa shape index (κ1) is 13.0. The molecule has 0 aromatic carbocycles. The van der Waals surface area contributed by atoms with Crippen molar-refractivity contribution >= 4 is 5.97 Å². The molecule has 0 N–H and O–H groups in total. The van der Waals surface area contributed by atoms with Crippen LogP contribution in [0.25, 0.3) is 0 Å². The summed E-state index contributed by atoms with van der Waals surface area (Å²) in [6.45, 7) is 10.1. The Balaban J connectivity index is 3.85. The van der Waals surface area contributed by atoms with Crippen molar-refractivity contribution in [2.45, 2.75) is 33.8 Å². The highest BCUT2D eigenvalue weighted by Gasteiger charge is 1.99. The normalized spacial score (nSPS) is 11.8. The number of hydrogen-bond donors (Lipinski definition) is 0. The van der Waals surface area contributed by atoms with E-state index in [1.165, 1.54) is 6.92 Å². The van der Waals surface area contributed by atoms with Crippen molar-refractivity contribution in [2.24, 2.45) is 0 Å². The van der Waals surface area contributed by atoms with E-state index in [0.717, 1.165) is 19.6 Å². The van der Waals surface area contributed by atoms with Gasteiger partial charge in [-0.2, -0.15) is 0 Å². The predicted molar refractivity (Wildman–Crippen MR) is 56.8 cm³/mol. The smallest absolute Gasteiger partial charge is 0.303 e. The van der Waals surface area contributed by atoms with Gasteiger partial charge in [-0.05, 0) is 20.0 Å². The molecular weight excluding hydrogens is 178 g/mol.